The molecule has 1 saturated heterocycles. The van der Waals surface area contributed by atoms with Gasteiger partial charge in [0.15, 0.2) is 0 Å². The average Bonchev–Trinajstić information content (AvgIpc) is 2.88. The van der Waals surface area contributed by atoms with Crippen LogP contribution in [0.2, 0.25) is 0 Å². The molecule has 1 aromatic carbocycles. The van der Waals surface area contributed by atoms with Crippen LogP contribution in [0.1, 0.15) is 10.4 Å². The molecule has 1 amide bonds. The Kier molecular flexibility index (Phi) is 3.85. The molecule has 2 heterocycles. The summed E-state index contributed by atoms with van der Waals surface area (Å²) in [6, 6.07) is 5.50. The second-order valence-electron chi connectivity index (χ2n) is 5.27. The predicted molar refractivity (Wildman–Crippen MR) is 77.9 cm³/mol. The summed E-state index contributed by atoms with van der Waals surface area (Å²) >= 11 is 0. The number of hydrogen-bond donors (Lipinski definition) is 1. The Morgan fingerprint density at radius 2 is 2.05 bits per heavy atom. The highest BCUT2D eigenvalue weighted by atomic mass is 16.3. The van der Waals surface area contributed by atoms with Crippen molar-refractivity contribution in [1.82, 2.24) is 24.8 Å². The van der Waals surface area contributed by atoms with Crippen LogP contribution < -0.4 is 0 Å². The van der Waals surface area contributed by atoms with Crippen LogP contribution in [0.15, 0.2) is 18.2 Å². The third-order valence-electron chi connectivity index (χ3n) is 3.93. The number of piperazine rings is 1. The standard InChI is InChI=1S/C14H19N5O2/c1-17-13-3-2-11(10-12(13)15-16-17)14(21)19-6-4-18(5-7-19)8-9-20/h2-3,10,20H,4-9H2,1H3. The van der Waals surface area contributed by atoms with Crippen molar-refractivity contribution in [1.29, 1.82) is 0 Å². The van der Waals surface area contributed by atoms with E-state index < -0.39 is 0 Å². The summed E-state index contributed by atoms with van der Waals surface area (Å²) in [6.07, 6.45) is 0. The molecule has 0 atom stereocenters. The molecular weight excluding hydrogens is 270 g/mol. The first kappa shape index (κ1) is 14.0. The minimum atomic E-state index is 0.0335. The van der Waals surface area contributed by atoms with Gasteiger partial charge in [-0.1, -0.05) is 5.21 Å². The van der Waals surface area contributed by atoms with Gasteiger partial charge < -0.3 is 10.0 Å². The summed E-state index contributed by atoms with van der Waals surface area (Å²) in [5.74, 6) is 0.0335. The van der Waals surface area contributed by atoms with Gasteiger partial charge in [0.25, 0.3) is 5.91 Å². The van der Waals surface area contributed by atoms with E-state index in [1.807, 2.05) is 24.1 Å². The number of β-amino-alcohol motifs (C(OH)–C–C–N with tert-alkyl or cyclic N) is 1. The second-order valence-corrected chi connectivity index (χ2v) is 5.27. The third kappa shape index (κ3) is 2.74. The van der Waals surface area contributed by atoms with Crippen molar-refractivity contribution in [2.75, 3.05) is 39.3 Å². The highest BCUT2D eigenvalue weighted by Crippen LogP contribution is 2.15. The molecule has 1 N–H and O–H groups in total. The first-order valence-electron chi connectivity index (χ1n) is 7.11. The number of benzene rings is 1. The van der Waals surface area contributed by atoms with E-state index in [4.69, 9.17) is 5.11 Å². The fraction of sp³-hybridized carbons (Fsp3) is 0.500. The lowest BCUT2D eigenvalue weighted by molar-refractivity contribution is 0.0615. The minimum Gasteiger partial charge on any atom is -0.395 e. The number of aliphatic hydroxyl groups excluding tert-OH is 1. The maximum atomic E-state index is 12.5. The van der Waals surface area contributed by atoms with E-state index in [1.54, 1.807) is 10.7 Å². The second kappa shape index (κ2) is 5.79. The number of aromatic nitrogens is 3. The van der Waals surface area contributed by atoms with Crippen LogP contribution in [-0.2, 0) is 7.05 Å². The van der Waals surface area contributed by atoms with Gasteiger partial charge in [-0.2, -0.15) is 0 Å². The highest BCUT2D eigenvalue weighted by Gasteiger charge is 2.22. The first-order valence-corrected chi connectivity index (χ1v) is 7.11. The molecule has 7 heteroatoms. The number of carbonyl (C=O) groups excluding carboxylic acids is 1. The van der Waals surface area contributed by atoms with Gasteiger partial charge in [0.05, 0.1) is 12.1 Å². The Morgan fingerprint density at radius 1 is 1.29 bits per heavy atom. The largest absolute Gasteiger partial charge is 0.395 e. The van der Waals surface area contributed by atoms with E-state index in [9.17, 15) is 4.79 Å². The molecule has 1 fully saturated rings. The molecule has 3 rings (SSSR count). The Balaban J connectivity index is 1.72. The SMILES string of the molecule is Cn1nnc2cc(C(=O)N3CCN(CCO)CC3)ccc21. The molecule has 0 spiro atoms. The van der Waals surface area contributed by atoms with Gasteiger partial charge in [-0.25, -0.2) is 4.68 Å². The van der Waals surface area contributed by atoms with Crippen molar-refractivity contribution in [2.24, 2.45) is 7.05 Å². The maximum absolute atomic E-state index is 12.5. The molecule has 0 radical (unpaired) electrons. The molecular formula is C14H19N5O2. The van der Waals surface area contributed by atoms with Gasteiger partial charge in [-0.15, -0.1) is 5.10 Å². The van der Waals surface area contributed by atoms with Crippen LogP contribution >= 0.6 is 0 Å². The van der Waals surface area contributed by atoms with E-state index >= 15 is 0 Å². The zero-order valence-corrected chi connectivity index (χ0v) is 12.1. The highest BCUT2D eigenvalue weighted by molar-refractivity contribution is 5.97. The molecule has 1 aromatic heterocycles. The van der Waals surface area contributed by atoms with Crippen LogP contribution in [0.3, 0.4) is 0 Å². The molecule has 21 heavy (non-hydrogen) atoms. The lowest BCUT2D eigenvalue weighted by Crippen LogP contribution is -2.49. The fourth-order valence-electron chi connectivity index (χ4n) is 2.67. The number of amides is 1. The number of rotatable bonds is 3. The van der Waals surface area contributed by atoms with Crippen molar-refractivity contribution in [3.8, 4) is 0 Å². The van der Waals surface area contributed by atoms with E-state index in [0.29, 0.717) is 25.2 Å². The van der Waals surface area contributed by atoms with Crippen LogP contribution in [0.4, 0.5) is 0 Å². The van der Waals surface area contributed by atoms with Crippen LogP contribution in [-0.4, -0.2) is 75.1 Å². The lowest BCUT2D eigenvalue weighted by atomic mass is 10.1. The maximum Gasteiger partial charge on any atom is 0.254 e. The molecule has 1 aliphatic heterocycles. The van der Waals surface area contributed by atoms with Gasteiger partial charge in [0.2, 0.25) is 0 Å². The van der Waals surface area contributed by atoms with Crippen LogP contribution in [0.5, 0.6) is 0 Å². The van der Waals surface area contributed by atoms with Gasteiger partial charge in [0, 0.05) is 45.3 Å². The molecule has 0 aliphatic carbocycles. The van der Waals surface area contributed by atoms with E-state index in [2.05, 4.69) is 15.2 Å². The van der Waals surface area contributed by atoms with Crippen molar-refractivity contribution in [3.05, 3.63) is 23.8 Å². The quantitative estimate of drug-likeness (QED) is 0.841. The number of hydrogen-bond acceptors (Lipinski definition) is 5. The minimum absolute atomic E-state index is 0.0335. The smallest absolute Gasteiger partial charge is 0.254 e. The van der Waals surface area contributed by atoms with E-state index in [0.717, 1.165) is 24.1 Å². The van der Waals surface area contributed by atoms with Crippen molar-refractivity contribution in [2.45, 2.75) is 0 Å². The summed E-state index contributed by atoms with van der Waals surface area (Å²) in [7, 11) is 1.83. The zero-order chi connectivity index (χ0) is 14.8. The summed E-state index contributed by atoms with van der Waals surface area (Å²) in [5.41, 5.74) is 2.31. The number of nitrogens with zero attached hydrogens (tertiary/aromatic N) is 5. The van der Waals surface area contributed by atoms with Crippen molar-refractivity contribution < 1.29 is 9.90 Å². The molecule has 7 nitrogen and oxygen atoms in total. The zero-order valence-electron chi connectivity index (χ0n) is 12.1. The van der Waals surface area contributed by atoms with Gasteiger partial charge >= 0.3 is 0 Å². The first-order chi connectivity index (χ1) is 10.2. The Bertz CT molecular complexity index is 646. The Hall–Kier alpha value is -1.99. The topological polar surface area (TPSA) is 74.5 Å². The molecule has 0 bridgehead atoms. The summed E-state index contributed by atoms with van der Waals surface area (Å²) < 4.78 is 1.69. The molecule has 112 valence electrons. The van der Waals surface area contributed by atoms with Gasteiger partial charge in [0.1, 0.15) is 5.52 Å². The number of aryl methyl sites for hydroxylation is 1. The predicted octanol–water partition coefficient (Wildman–Crippen LogP) is -0.282. The average molecular weight is 289 g/mol. The van der Waals surface area contributed by atoms with Crippen molar-refractivity contribution in [3.63, 3.8) is 0 Å². The van der Waals surface area contributed by atoms with E-state index in [-0.39, 0.29) is 12.5 Å². The van der Waals surface area contributed by atoms with Crippen molar-refractivity contribution >= 4 is 16.9 Å². The summed E-state index contributed by atoms with van der Waals surface area (Å²) in [4.78, 5) is 16.5. The molecule has 1 aliphatic rings. The van der Waals surface area contributed by atoms with E-state index in [1.165, 1.54) is 0 Å². The summed E-state index contributed by atoms with van der Waals surface area (Å²) in [5, 5.41) is 16.9. The molecule has 0 saturated carbocycles. The van der Waals surface area contributed by atoms with Gasteiger partial charge in [-0.3, -0.25) is 9.69 Å². The van der Waals surface area contributed by atoms with Crippen LogP contribution in [0, 0.1) is 0 Å². The third-order valence-corrected chi connectivity index (χ3v) is 3.93. The normalized spacial score (nSPS) is 16.6. The van der Waals surface area contributed by atoms with Crippen LogP contribution in [0.25, 0.3) is 11.0 Å². The van der Waals surface area contributed by atoms with Gasteiger partial charge in [-0.05, 0) is 18.2 Å². The number of aliphatic hydroxyl groups is 1. The monoisotopic (exact) mass is 289 g/mol. The molecule has 0 unspecified atom stereocenters. The fourth-order valence-corrected chi connectivity index (χ4v) is 2.67. The lowest BCUT2D eigenvalue weighted by Gasteiger charge is -2.34. The Labute approximate surface area is 122 Å². The number of fused-ring (bicyclic) bond motifs is 1. The molecule has 2 aromatic rings. The Morgan fingerprint density at radius 3 is 2.76 bits per heavy atom. The number of carbonyl (C=O) groups is 1. The summed E-state index contributed by atoms with van der Waals surface area (Å²) in [6.45, 7) is 3.83.